The quantitative estimate of drug-likeness (QED) is 0.293. The molecule has 0 saturated heterocycles. The summed E-state index contributed by atoms with van der Waals surface area (Å²) in [7, 11) is -10.3. The van der Waals surface area contributed by atoms with Gasteiger partial charge in [0, 0.05) is 12.1 Å². The van der Waals surface area contributed by atoms with E-state index in [2.05, 4.69) is 10.2 Å². The van der Waals surface area contributed by atoms with E-state index in [-0.39, 0.29) is 0 Å². The average Bonchev–Trinajstić information content (AvgIpc) is 2.57. The van der Waals surface area contributed by atoms with Crippen LogP contribution in [-0.2, 0) is 20.2 Å². The monoisotopic (exact) mass is 432 g/mol. The van der Waals surface area contributed by atoms with Gasteiger partial charge in [-0.3, -0.25) is 29.3 Å². The molecule has 14 nitrogen and oxygen atoms in total. The van der Waals surface area contributed by atoms with Gasteiger partial charge in [-0.25, -0.2) is 0 Å². The van der Waals surface area contributed by atoms with Crippen molar-refractivity contribution in [3.63, 3.8) is 0 Å². The van der Waals surface area contributed by atoms with Crippen molar-refractivity contribution in [2.75, 3.05) is 0 Å². The zero-order valence-electron chi connectivity index (χ0n) is 13.2. The summed E-state index contributed by atoms with van der Waals surface area (Å²) in [6.07, 6.45) is 0. The van der Waals surface area contributed by atoms with Gasteiger partial charge in [0.15, 0.2) is 9.79 Å². The van der Waals surface area contributed by atoms with E-state index < -0.39 is 62.6 Å². The number of hydrogen-bond donors (Lipinski definition) is 2. The number of nitro groups is 2. The molecule has 0 fully saturated rings. The number of hydrogen-bond acceptors (Lipinski definition) is 10. The molecule has 28 heavy (non-hydrogen) atoms. The zero-order chi connectivity index (χ0) is 21.3. The molecule has 0 heterocycles. The second-order valence-corrected chi connectivity index (χ2v) is 7.63. The molecule has 0 atom stereocenters. The Morgan fingerprint density at radius 3 is 1.29 bits per heavy atom. The van der Waals surface area contributed by atoms with Gasteiger partial charge in [0.05, 0.1) is 9.85 Å². The molecule has 16 heteroatoms. The van der Waals surface area contributed by atoms with Crippen molar-refractivity contribution < 1.29 is 35.8 Å². The molecular formula is C12H8N4O10S2. The van der Waals surface area contributed by atoms with Crippen molar-refractivity contribution in [3.05, 3.63) is 56.6 Å². The summed E-state index contributed by atoms with van der Waals surface area (Å²) in [5.41, 5.74) is -3.56. The summed E-state index contributed by atoms with van der Waals surface area (Å²) < 4.78 is 64.4. The van der Waals surface area contributed by atoms with Crippen LogP contribution in [0.15, 0.2) is 56.4 Å². The van der Waals surface area contributed by atoms with Gasteiger partial charge in [-0.15, -0.1) is 10.2 Å². The Kier molecular flexibility index (Phi) is 5.50. The lowest BCUT2D eigenvalue weighted by atomic mass is 10.3. The highest BCUT2D eigenvalue weighted by Gasteiger charge is 2.30. The third-order valence-electron chi connectivity index (χ3n) is 3.12. The molecule has 0 aliphatic rings. The van der Waals surface area contributed by atoms with Gasteiger partial charge in [0.25, 0.3) is 11.4 Å². The number of azo groups is 1. The maximum atomic E-state index is 11.5. The summed E-state index contributed by atoms with van der Waals surface area (Å²) in [6, 6.07) is 5.36. The number of nitrogens with zero attached hydrogens (tertiary/aromatic N) is 4. The minimum atomic E-state index is -5.14. The van der Waals surface area contributed by atoms with Crippen LogP contribution in [0.1, 0.15) is 0 Å². The maximum absolute atomic E-state index is 11.5. The van der Waals surface area contributed by atoms with E-state index in [0.717, 1.165) is 36.4 Å². The van der Waals surface area contributed by atoms with Gasteiger partial charge in [-0.1, -0.05) is 12.1 Å². The second kappa shape index (κ2) is 7.35. The van der Waals surface area contributed by atoms with Crippen LogP contribution in [0.3, 0.4) is 0 Å². The fraction of sp³-hybridized carbons (Fsp3) is 0. The molecule has 0 saturated carbocycles. The maximum Gasteiger partial charge on any atom is 0.303 e. The molecule has 148 valence electrons. The van der Waals surface area contributed by atoms with Crippen molar-refractivity contribution in [2.45, 2.75) is 9.79 Å². The van der Waals surface area contributed by atoms with Crippen LogP contribution in [0.4, 0.5) is 22.7 Å². The van der Waals surface area contributed by atoms with Gasteiger partial charge in [0.1, 0.15) is 11.4 Å². The van der Waals surface area contributed by atoms with E-state index in [1.54, 1.807) is 0 Å². The van der Waals surface area contributed by atoms with Crippen LogP contribution in [-0.4, -0.2) is 35.8 Å². The third kappa shape index (κ3) is 4.31. The van der Waals surface area contributed by atoms with E-state index in [1.165, 1.54) is 0 Å². The molecule has 0 bridgehead atoms. The van der Waals surface area contributed by atoms with E-state index in [9.17, 15) is 46.2 Å². The topological polar surface area (TPSA) is 220 Å². The molecule has 0 aromatic heterocycles. The average molecular weight is 432 g/mol. The van der Waals surface area contributed by atoms with Crippen LogP contribution in [0, 0.1) is 20.2 Å². The Morgan fingerprint density at radius 1 is 0.714 bits per heavy atom. The van der Waals surface area contributed by atoms with Gasteiger partial charge < -0.3 is 0 Å². The third-order valence-corrected chi connectivity index (χ3v) is 4.99. The molecular weight excluding hydrogens is 424 g/mol. The van der Waals surface area contributed by atoms with Gasteiger partial charge in [-0.05, 0) is 12.1 Å². The van der Waals surface area contributed by atoms with E-state index in [1.807, 2.05) is 0 Å². The van der Waals surface area contributed by atoms with Crippen LogP contribution in [0.25, 0.3) is 0 Å². The summed E-state index contributed by atoms with van der Waals surface area (Å²) in [5.74, 6) is 0. The fourth-order valence-corrected chi connectivity index (χ4v) is 3.67. The van der Waals surface area contributed by atoms with Crippen LogP contribution in [0.2, 0.25) is 0 Å². The molecule has 2 N–H and O–H groups in total. The number of benzene rings is 2. The van der Waals surface area contributed by atoms with Gasteiger partial charge in [-0.2, -0.15) is 16.8 Å². The van der Waals surface area contributed by atoms with Crippen molar-refractivity contribution >= 4 is 43.0 Å². The number of nitro benzene ring substituents is 2. The molecule has 0 unspecified atom stereocenters. The first-order valence-electron chi connectivity index (χ1n) is 6.75. The summed E-state index contributed by atoms with van der Waals surface area (Å²) >= 11 is 0. The Morgan fingerprint density at radius 2 is 1.04 bits per heavy atom. The molecule has 2 rings (SSSR count). The molecule has 0 aliphatic carbocycles. The largest absolute Gasteiger partial charge is 0.303 e. The Bertz CT molecular complexity index is 1130. The Labute approximate surface area is 155 Å². The molecule has 2 aromatic rings. The first kappa shape index (κ1) is 21.0. The lowest BCUT2D eigenvalue weighted by molar-refractivity contribution is -0.388. The lowest BCUT2D eigenvalue weighted by Gasteiger charge is -2.04. The normalized spacial score (nSPS) is 12.2. The Balaban J connectivity index is 2.76. The molecule has 0 amide bonds. The summed E-state index contributed by atoms with van der Waals surface area (Å²) in [4.78, 5) is 17.3. The Hall–Kier alpha value is -3.34. The van der Waals surface area contributed by atoms with E-state index >= 15 is 0 Å². The lowest BCUT2D eigenvalue weighted by Crippen LogP contribution is -2.04. The van der Waals surface area contributed by atoms with Crippen LogP contribution >= 0.6 is 0 Å². The zero-order valence-corrected chi connectivity index (χ0v) is 14.9. The first-order valence-corrected chi connectivity index (χ1v) is 9.63. The second-order valence-electron chi connectivity index (χ2n) is 4.92. The summed E-state index contributed by atoms with van der Waals surface area (Å²) in [5, 5.41) is 28.6. The fourth-order valence-electron chi connectivity index (χ4n) is 2.11. The predicted octanol–water partition coefficient (Wildman–Crippen LogP) is 2.41. The van der Waals surface area contributed by atoms with Crippen molar-refractivity contribution in [1.29, 1.82) is 0 Å². The highest BCUT2D eigenvalue weighted by atomic mass is 32.2. The van der Waals surface area contributed by atoms with Crippen LogP contribution < -0.4 is 0 Å². The van der Waals surface area contributed by atoms with Crippen LogP contribution in [0.5, 0.6) is 0 Å². The van der Waals surface area contributed by atoms with E-state index in [4.69, 9.17) is 0 Å². The van der Waals surface area contributed by atoms with Crippen molar-refractivity contribution in [2.24, 2.45) is 10.2 Å². The molecule has 2 aromatic carbocycles. The van der Waals surface area contributed by atoms with Gasteiger partial charge in [0.2, 0.25) is 0 Å². The predicted molar refractivity (Wildman–Crippen MR) is 90.0 cm³/mol. The highest BCUT2D eigenvalue weighted by molar-refractivity contribution is 7.86. The molecule has 0 spiro atoms. The SMILES string of the molecule is O=[N+]([O-])c1cccc(N=Nc2cccc([N+](=O)[O-])c2S(=O)(=O)O)c1S(=O)(=O)O. The minimum absolute atomic E-state index is 0.746. The molecule has 0 radical (unpaired) electrons. The molecule has 0 aliphatic heterocycles. The smallest absolute Gasteiger partial charge is 0.282 e. The van der Waals surface area contributed by atoms with Crippen molar-refractivity contribution in [3.8, 4) is 0 Å². The minimum Gasteiger partial charge on any atom is -0.282 e. The van der Waals surface area contributed by atoms with E-state index in [0.29, 0.717) is 0 Å². The number of rotatable bonds is 6. The van der Waals surface area contributed by atoms with Crippen molar-refractivity contribution in [1.82, 2.24) is 0 Å². The van der Waals surface area contributed by atoms with Gasteiger partial charge >= 0.3 is 20.2 Å². The highest BCUT2D eigenvalue weighted by Crippen LogP contribution is 2.37. The summed E-state index contributed by atoms with van der Waals surface area (Å²) in [6.45, 7) is 0. The first-order chi connectivity index (χ1) is 12.8. The standard InChI is InChI=1S/C12H8N4O10S2/c17-15(18)9-5-1-3-7(11(9)27(21,22)23)13-14-8-4-2-6-10(16(19)20)12(8)28(24,25)26/h1-6H,(H,21,22,23)(H,24,25,26).